The summed E-state index contributed by atoms with van der Waals surface area (Å²) in [5, 5.41) is 82.3. The third kappa shape index (κ3) is 4.09. The molecule has 0 saturated carbocycles. The fourth-order valence-corrected chi connectivity index (χ4v) is 5.00. The van der Waals surface area contributed by atoms with Crippen molar-refractivity contribution in [3.63, 3.8) is 0 Å². The highest BCUT2D eigenvalue weighted by Crippen LogP contribution is 2.52. The Kier molecular flexibility index (Phi) is 5.78. The lowest BCUT2D eigenvalue weighted by Crippen LogP contribution is -2.20. The summed E-state index contributed by atoms with van der Waals surface area (Å²) in [4.78, 5) is 25.9. The molecule has 42 heavy (non-hydrogen) atoms. The molecule has 5 aromatic rings. The van der Waals surface area contributed by atoms with Gasteiger partial charge >= 0.3 is 0 Å². The van der Waals surface area contributed by atoms with Gasteiger partial charge in [0.05, 0.1) is 12.0 Å². The zero-order valence-corrected chi connectivity index (χ0v) is 21.2. The smallest absolute Gasteiger partial charge is 0.197 e. The van der Waals surface area contributed by atoms with Crippen LogP contribution >= 0.6 is 0 Å². The van der Waals surface area contributed by atoms with Gasteiger partial charge in [0.25, 0.3) is 0 Å². The monoisotopic (exact) mass is 572 g/mol. The first kappa shape index (κ1) is 26.2. The molecule has 0 amide bonds. The van der Waals surface area contributed by atoms with Crippen molar-refractivity contribution in [1.82, 2.24) is 0 Å². The average Bonchev–Trinajstić information content (AvgIpc) is 2.91. The van der Waals surface area contributed by atoms with Gasteiger partial charge in [-0.3, -0.25) is 9.59 Å². The van der Waals surface area contributed by atoms with Crippen LogP contribution in [-0.2, 0) is 0 Å². The maximum absolute atomic E-state index is 13.2. The maximum atomic E-state index is 13.2. The molecule has 12 nitrogen and oxygen atoms in total. The first-order chi connectivity index (χ1) is 19.9. The van der Waals surface area contributed by atoms with Crippen LogP contribution in [0.4, 0.5) is 0 Å². The molecule has 8 N–H and O–H groups in total. The number of hydrogen-bond donors (Lipinski definition) is 8. The van der Waals surface area contributed by atoms with Crippen LogP contribution in [0.2, 0.25) is 0 Å². The zero-order chi connectivity index (χ0) is 30.0. The van der Waals surface area contributed by atoms with Crippen molar-refractivity contribution in [3.05, 3.63) is 75.9 Å². The number of carbonyl (C=O) groups excluding carboxylic acids is 1. The number of ketones is 1. The minimum atomic E-state index is -0.920. The van der Waals surface area contributed by atoms with Gasteiger partial charge in [-0.15, -0.1) is 0 Å². The second-order valence-corrected chi connectivity index (χ2v) is 9.68. The molecule has 1 unspecified atom stereocenters. The standard InChI is InChI=1S/C30H20O12/c31-13-6-17(34)27-19(36)8-23(42-24(27)7-13)12-3-14(29(39)21(38)5-12)26-18(35)10-25-28(30(26)40)20(37)9-22(41-25)11-1-2-15(32)16(33)4-11/h1-8,10,22,31-35,38-40H,9H2. The van der Waals surface area contributed by atoms with Gasteiger partial charge in [-0.05, 0) is 29.8 Å². The molecule has 0 bridgehead atoms. The Hall–Kier alpha value is -6.04. The number of ether oxygens (including phenoxy) is 1. The van der Waals surface area contributed by atoms with E-state index in [2.05, 4.69) is 0 Å². The third-order valence-corrected chi connectivity index (χ3v) is 6.97. The van der Waals surface area contributed by atoms with E-state index in [0.29, 0.717) is 5.56 Å². The number of phenols is 8. The topological polar surface area (TPSA) is 218 Å². The molecule has 4 aromatic carbocycles. The average molecular weight is 572 g/mol. The fraction of sp³-hybridized carbons (Fsp3) is 0.0667. The lowest BCUT2D eigenvalue weighted by molar-refractivity contribution is 0.0844. The van der Waals surface area contributed by atoms with Gasteiger partial charge in [0.1, 0.15) is 57.1 Å². The van der Waals surface area contributed by atoms with Crippen LogP contribution in [0, 0.1) is 0 Å². The Morgan fingerprint density at radius 1 is 0.667 bits per heavy atom. The van der Waals surface area contributed by atoms with Crippen molar-refractivity contribution in [2.45, 2.75) is 12.5 Å². The Bertz CT molecular complexity index is 2020. The number of hydrogen-bond acceptors (Lipinski definition) is 12. The molecular formula is C30H20O12. The van der Waals surface area contributed by atoms with Crippen molar-refractivity contribution in [2.24, 2.45) is 0 Å². The molecule has 0 aliphatic carbocycles. The number of carbonyl (C=O) groups is 1. The summed E-state index contributed by atoms with van der Waals surface area (Å²) in [7, 11) is 0. The molecule has 6 rings (SSSR count). The molecule has 1 aliphatic rings. The van der Waals surface area contributed by atoms with Gasteiger partial charge in [-0.1, -0.05) is 6.07 Å². The normalized spacial score (nSPS) is 14.5. The van der Waals surface area contributed by atoms with E-state index in [1.54, 1.807) is 0 Å². The second kappa shape index (κ2) is 9.27. The number of Topliss-reactive ketones (excluding diaryl/α,β-unsaturated/α-hetero) is 1. The van der Waals surface area contributed by atoms with Crippen LogP contribution in [0.15, 0.2) is 63.8 Å². The summed E-state index contributed by atoms with van der Waals surface area (Å²) in [6.45, 7) is 0. The number of benzene rings is 4. The Morgan fingerprint density at radius 2 is 1.43 bits per heavy atom. The van der Waals surface area contributed by atoms with E-state index in [4.69, 9.17) is 9.15 Å². The Balaban J connectivity index is 1.48. The number of phenolic OH excluding ortho intramolecular Hbond substituents is 8. The van der Waals surface area contributed by atoms with Crippen LogP contribution in [0.1, 0.15) is 28.4 Å². The van der Waals surface area contributed by atoms with E-state index in [9.17, 15) is 50.4 Å². The molecule has 0 spiro atoms. The van der Waals surface area contributed by atoms with E-state index < -0.39 is 57.4 Å². The van der Waals surface area contributed by atoms with Gasteiger partial charge in [0.2, 0.25) is 0 Å². The highest BCUT2D eigenvalue weighted by atomic mass is 16.5. The van der Waals surface area contributed by atoms with E-state index in [0.717, 1.165) is 30.3 Å². The van der Waals surface area contributed by atoms with Crippen molar-refractivity contribution in [2.75, 3.05) is 0 Å². The zero-order valence-electron chi connectivity index (χ0n) is 21.2. The van der Waals surface area contributed by atoms with Gasteiger partial charge < -0.3 is 50.0 Å². The molecule has 0 saturated heterocycles. The minimum Gasteiger partial charge on any atom is -0.508 e. The molecule has 1 aliphatic heterocycles. The predicted molar refractivity (Wildman–Crippen MR) is 145 cm³/mol. The molecule has 0 fully saturated rings. The molecule has 212 valence electrons. The quantitative estimate of drug-likeness (QED) is 0.140. The largest absolute Gasteiger partial charge is 0.508 e. The second-order valence-electron chi connectivity index (χ2n) is 9.68. The van der Waals surface area contributed by atoms with Gasteiger partial charge in [0.15, 0.2) is 34.2 Å². The number of rotatable bonds is 3. The van der Waals surface area contributed by atoms with Crippen LogP contribution < -0.4 is 10.2 Å². The molecule has 1 atom stereocenters. The summed E-state index contributed by atoms with van der Waals surface area (Å²) in [5.74, 6) is -5.56. The van der Waals surface area contributed by atoms with E-state index in [-0.39, 0.29) is 57.1 Å². The minimum absolute atomic E-state index is 0.00608. The SMILES string of the molecule is O=C1CC(c2ccc(O)c(O)c2)Oc2cc(O)c(-c3cc(-c4cc(=O)c5c(O)cc(O)cc5o4)cc(O)c3O)c(O)c21. The third-order valence-electron chi connectivity index (χ3n) is 6.97. The summed E-state index contributed by atoms with van der Waals surface area (Å²) in [5.41, 5.74) is -1.59. The van der Waals surface area contributed by atoms with Crippen LogP contribution in [0.3, 0.4) is 0 Å². The molecule has 1 aromatic heterocycles. The molecule has 0 radical (unpaired) electrons. The summed E-state index contributed by atoms with van der Waals surface area (Å²) in [6, 6.07) is 10.2. The predicted octanol–water partition coefficient (Wildman–Crippen LogP) is 4.48. The van der Waals surface area contributed by atoms with E-state index in [1.165, 1.54) is 24.3 Å². The van der Waals surface area contributed by atoms with Crippen LogP contribution in [0.25, 0.3) is 33.4 Å². The van der Waals surface area contributed by atoms with E-state index >= 15 is 0 Å². The van der Waals surface area contributed by atoms with Gasteiger partial charge in [-0.2, -0.15) is 0 Å². The van der Waals surface area contributed by atoms with Crippen molar-refractivity contribution < 1.29 is 54.8 Å². The van der Waals surface area contributed by atoms with Gasteiger partial charge in [0, 0.05) is 35.4 Å². The van der Waals surface area contributed by atoms with E-state index in [1.807, 2.05) is 0 Å². The summed E-state index contributed by atoms with van der Waals surface area (Å²) in [6.07, 6.45) is -1.20. The number of fused-ring (bicyclic) bond motifs is 2. The Labute approximate surface area is 234 Å². The fourth-order valence-electron chi connectivity index (χ4n) is 5.00. The first-order valence-electron chi connectivity index (χ1n) is 12.3. The lowest BCUT2D eigenvalue weighted by Gasteiger charge is -2.27. The van der Waals surface area contributed by atoms with Crippen LogP contribution in [-0.4, -0.2) is 46.6 Å². The highest BCUT2D eigenvalue weighted by Gasteiger charge is 2.34. The highest BCUT2D eigenvalue weighted by molar-refractivity contribution is 6.06. The number of aromatic hydroxyl groups is 8. The van der Waals surface area contributed by atoms with Crippen molar-refractivity contribution >= 4 is 16.8 Å². The molecule has 2 heterocycles. The molecule has 12 heteroatoms. The molecular weight excluding hydrogens is 552 g/mol. The summed E-state index contributed by atoms with van der Waals surface area (Å²) >= 11 is 0. The van der Waals surface area contributed by atoms with Crippen molar-refractivity contribution in [3.8, 4) is 74.2 Å². The first-order valence-corrected chi connectivity index (χ1v) is 12.3. The summed E-state index contributed by atoms with van der Waals surface area (Å²) < 4.78 is 11.5. The van der Waals surface area contributed by atoms with Crippen LogP contribution in [0.5, 0.6) is 51.7 Å². The Morgan fingerprint density at radius 3 is 2.17 bits per heavy atom. The van der Waals surface area contributed by atoms with Gasteiger partial charge in [-0.25, -0.2) is 0 Å². The van der Waals surface area contributed by atoms with Crippen molar-refractivity contribution in [1.29, 1.82) is 0 Å². The lowest BCUT2D eigenvalue weighted by atomic mass is 9.90. The maximum Gasteiger partial charge on any atom is 0.197 e.